The van der Waals surface area contributed by atoms with Crippen LogP contribution in [0.25, 0.3) is 0 Å². The molecule has 1 aliphatic rings. The molecule has 0 unspecified atom stereocenters. The van der Waals surface area contributed by atoms with E-state index in [0.29, 0.717) is 12.6 Å². The van der Waals surface area contributed by atoms with Crippen LogP contribution in [0.2, 0.25) is 0 Å². The van der Waals surface area contributed by atoms with Crippen molar-refractivity contribution in [3.8, 4) is 0 Å². The number of nitrogens with one attached hydrogen (secondary N) is 1. The third kappa shape index (κ3) is 5.22. The summed E-state index contributed by atoms with van der Waals surface area (Å²) in [4.78, 5) is 2.48. The quantitative estimate of drug-likeness (QED) is 0.729. The number of hydrogen-bond donors (Lipinski definition) is 1. The number of rotatable bonds is 7. The van der Waals surface area contributed by atoms with Gasteiger partial charge in [-0.05, 0) is 38.9 Å². The first-order chi connectivity index (χ1) is 8.45. The van der Waals surface area contributed by atoms with Gasteiger partial charge in [0.15, 0.2) is 0 Å². The van der Waals surface area contributed by atoms with Gasteiger partial charge in [0.2, 0.25) is 10.0 Å². The van der Waals surface area contributed by atoms with Crippen molar-refractivity contribution >= 4 is 10.0 Å². The number of hydrogen-bond acceptors (Lipinski definition) is 4. The first kappa shape index (κ1) is 15.9. The summed E-state index contributed by atoms with van der Waals surface area (Å²) in [6.45, 7) is 6.20. The molecule has 0 amide bonds. The van der Waals surface area contributed by atoms with Crippen LogP contribution in [0.3, 0.4) is 0 Å². The molecule has 0 aromatic rings. The second-order valence-electron chi connectivity index (χ2n) is 5.17. The smallest absolute Gasteiger partial charge is 0.214 e. The SMILES string of the molecule is CCCN1CCC(NCCS(=O)(=O)N(C)C)CC1. The van der Waals surface area contributed by atoms with Gasteiger partial charge in [-0.1, -0.05) is 6.92 Å². The van der Waals surface area contributed by atoms with E-state index >= 15 is 0 Å². The molecule has 1 rings (SSSR count). The van der Waals surface area contributed by atoms with Crippen LogP contribution in [-0.2, 0) is 10.0 Å². The van der Waals surface area contributed by atoms with Crippen LogP contribution in [0.4, 0.5) is 0 Å². The van der Waals surface area contributed by atoms with E-state index in [1.807, 2.05) is 0 Å². The minimum atomic E-state index is -3.06. The van der Waals surface area contributed by atoms with Crippen LogP contribution < -0.4 is 5.32 Å². The van der Waals surface area contributed by atoms with Crippen LogP contribution in [0, 0.1) is 0 Å². The molecule has 0 aliphatic carbocycles. The molecule has 0 radical (unpaired) electrons. The maximum atomic E-state index is 11.6. The monoisotopic (exact) mass is 277 g/mol. The third-order valence-electron chi connectivity index (χ3n) is 3.48. The standard InChI is InChI=1S/C12H27N3O2S/c1-4-8-15-9-5-12(6-10-15)13-7-11-18(16,17)14(2)3/h12-13H,4-11H2,1-3H3. The van der Waals surface area contributed by atoms with Crippen molar-refractivity contribution in [2.24, 2.45) is 0 Å². The van der Waals surface area contributed by atoms with Crippen LogP contribution in [-0.4, -0.2) is 69.7 Å². The molecule has 0 spiro atoms. The van der Waals surface area contributed by atoms with Crippen LogP contribution in [0.15, 0.2) is 0 Å². The van der Waals surface area contributed by atoms with Crippen molar-refractivity contribution in [3.63, 3.8) is 0 Å². The van der Waals surface area contributed by atoms with Crippen molar-refractivity contribution in [2.75, 3.05) is 46.0 Å². The average molecular weight is 277 g/mol. The Balaban J connectivity index is 2.19. The van der Waals surface area contributed by atoms with Crippen molar-refractivity contribution in [1.29, 1.82) is 0 Å². The highest BCUT2D eigenvalue weighted by Crippen LogP contribution is 2.10. The molecular weight excluding hydrogens is 250 g/mol. The molecule has 1 N–H and O–H groups in total. The first-order valence-corrected chi connectivity index (χ1v) is 8.42. The summed E-state index contributed by atoms with van der Waals surface area (Å²) in [5.74, 6) is 0.190. The molecule has 1 saturated heterocycles. The average Bonchev–Trinajstić information content (AvgIpc) is 2.31. The Morgan fingerprint density at radius 1 is 1.28 bits per heavy atom. The molecule has 1 aliphatic heterocycles. The van der Waals surface area contributed by atoms with Crippen molar-refractivity contribution < 1.29 is 8.42 Å². The molecule has 0 aromatic heterocycles. The highest BCUT2D eigenvalue weighted by Gasteiger charge is 2.19. The van der Waals surface area contributed by atoms with Crippen molar-refractivity contribution in [1.82, 2.24) is 14.5 Å². The Morgan fingerprint density at radius 3 is 2.39 bits per heavy atom. The number of sulfonamides is 1. The lowest BCUT2D eigenvalue weighted by molar-refractivity contribution is 0.199. The molecule has 1 heterocycles. The molecule has 0 atom stereocenters. The van der Waals surface area contributed by atoms with E-state index in [-0.39, 0.29) is 5.75 Å². The molecule has 5 nitrogen and oxygen atoms in total. The maximum Gasteiger partial charge on any atom is 0.214 e. The largest absolute Gasteiger partial charge is 0.313 e. The fourth-order valence-corrected chi connectivity index (χ4v) is 2.99. The Kier molecular flexibility index (Phi) is 6.55. The van der Waals surface area contributed by atoms with Gasteiger partial charge in [-0.2, -0.15) is 0 Å². The summed E-state index contributed by atoms with van der Waals surface area (Å²) in [6, 6.07) is 0.482. The Labute approximate surface area is 112 Å². The minimum absolute atomic E-state index is 0.190. The molecular formula is C12H27N3O2S. The van der Waals surface area contributed by atoms with Crippen molar-refractivity contribution in [2.45, 2.75) is 32.2 Å². The van der Waals surface area contributed by atoms with Gasteiger partial charge in [0.25, 0.3) is 0 Å². The maximum absolute atomic E-state index is 11.6. The predicted octanol–water partition coefficient (Wildman–Crippen LogP) is 0.342. The van der Waals surface area contributed by atoms with Gasteiger partial charge in [-0.25, -0.2) is 12.7 Å². The fourth-order valence-electron chi connectivity index (χ4n) is 2.25. The second kappa shape index (κ2) is 7.43. The normalized spacial score (nSPS) is 19.6. The van der Waals surface area contributed by atoms with E-state index in [1.54, 1.807) is 14.1 Å². The zero-order chi connectivity index (χ0) is 13.6. The van der Waals surface area contributed by atoms with E-state index in [9.17, 15) is 8.42 Å². The molecule has 18 heavy (non-hydrogen) atoms. The predicted molar refractivity (Wildman–Crippen MR) is 75.2 cm³/mol. The van der Waals surface area contributed by atoms with Gasteiger partial charge < -0.3 is 10.2 Å². The topological polar surface area (TPSA) is 52.7 Å². The summed E-state index contributed by atoms with van der Waals surface area (Å²) in [7, 11) is 0.106. The van der Waals surface area contributed by atoms with Crippen LogP contribution >= 0.6 is 0 Å². The van der Waals surface area contributed by atoms with Gasteiger partial charge in [0.05, 0.1) is 5.75 Å². The lowest BCUT2D eigenvalue weighted by atomic mass is 10.1. The van der Waals surface area contributed by atoms with E-state index < -0.39 is 10.0 Å². The van der Waals surface area contributed by atoms with Crippen LogP contribution in [0.5, 0.6) is 0 Å². The van der Waals surface area contributed by atoms with Crippen molar-refractivity contribution in [3.05, 3.63) is 0 Å². The summed E-state index contributed by atoms with van der Waals surface area (Å²) < 4.78 is 24.5. The van der Waals surface area contributed by atoms with Gasteiger partial charge in [0, 0.05) is 26.7 Å². The fraction of sp³-hybridized carbons (Fsp3) is 1.00. The zero-order valence-corrected chi connectivity index (χ0v) is 12.7. The molecule has 0 bridgehead atoms. The first-order valence-electron chi connectivity index (χ1n) is 6.81. The molecule has 108 valence electrons. The van der Waals surface area contributed by atoms with E-state index in [0.717, 1.165) is 25.9 Å². The van der Waals surface area contributed by atoms with Crippen LogP contribution in [0.1, 0.15) is 26.2 Å². The molecule has 6 heteroatoms. The number of piperidine rings is 1. The van der Waals surface area contributed by atoms with Gasteiger partial charge in [-0.15, -0.1) is 0 Å². The van der Waals surface area contributed by atoms with Gasteiger partial charge in [-0.3, -0.25) is 0 Å². The molecule has 0 aromatic carbocycles. The number of nitrogens with zero attached hydrogens (tertiary/aromatic N) is 2. The van der Waals surface area contributed by atoms with E-state index in [2.05, 4.69) is 17.1 Å². The lowest BCUT2D eigenvalue weighted by Crippen LogP contribution is -2.44. The van der Waals surface area contributed by atoms with Gasteiger partial charge in [0.1, 0.15) is 0 Å². The van der Waals surface area contributed by atoms with Gasteiger partial charge >= 0.3 is 0 Å². The van der Waals surface area contributed by atoms with E-state index in [1.165, 1.54) is 17.3 Å². The zero-order valence-electron chi connectivity index (χ0n) is 11.9. The minimum Gasteiger partial charge on any atom is -0.313 e. The van der Waals surface area contributed by atoms with E-state index in [4.69, 9.17) is 0 Å². The summed E-state index contributed by atoms with van der Waals surface area (Å²) in [5, 5.41) is 3.36. The molecule has 1 fully saturated rings. The number of likely N-dealkylation sites (tertiary alicyclic amines) is 1. The Hall–Kier alpha value is -0.170. The third-order valence-corrected chi connectivity index (χ3v) is 5.31. The Morgan fingerprint density at radius 2 is 1.89 bits per heavy atom. The lowest BCUT2D eigenvalue weighted by Gasteiger charge is -2.32. The highest BCUT2D eigenvalue weighted by atomic mass is 32.2. The summed E-state index contributed by atoms with van der Waals surface area (Å²) in [5.41, 5.74) is 0. The Bertz CT molecular complexity index is 322. The highest BCUT2D eigenvalue weighted by molar-refractivity contribution is 7.89. The second-order valence-corrected chi connectivity index (χ2v) is 7.47. The summed E-state index contributed by atoms with van der Waals surface area (Å²) in [6.07, 6.45) is 3.46. The summed E-state index contributed by atoms with van der Waals surface area (Å²) >= 11 is 0. The molecule has 0 saturated carbocycles.